The summed E-state index contributed by atoms with van der Waals surface area (Å²) in [5, 5.41) is 17.5. The number of anilines is 1. The van der Waals surface area contributed by atoms with E-state index in [1.807, 2.05) is 11.8 Å². The van der Waals surface area contributed by atoms with Crippen molar-refractivity contribution in [1.82, 2.24) is 0 Å². The van der Waals surface area contributed by atoms with E-state index in [4.69, 9.17) is 14.6 Å². The van der Waals surface area contributed by atoms with E-state index in [1.54, 1.807) is 6.07 Å². The molecule has 1 aromatic heterocycles. The van der Waals surface area contributed by atoms with E-state index in [9.17, 15) is 4.79 Å². The van der Waals surface area contributed by atoms with Gasteiger partial charge in [0.1, 0.15) is 0 Å². The molecule has 0 unspecified atom stereocenters. The van der Waals surface area contributed by atoms with Crippen LogP contribution in [0.5, 0.6) is 0 Å². The summed E-state index contributed by atoms with van der Waals surface area (Å²) in [5.74, 6) is -0.672. The quantitative estimate of drug-likeness (QED) is 0.742. The highest BCUT2D eigenvalue weighted by molar-refractivity contribution is 5.84. The summed E-state index contributed by atoms with van der Waals surface area (Å²) in [4.78, 5) is 12.4. The maximum absolute atomic E-state index is 10.6. The smallest absolute Gasteiger partial charge is 0.371 e. The van der Waals surface area contributed by atoms with Crippen molar-refractivity contribution in [2.24, 2.45) is 0 Å². The average molecular weight is 213 g/mol. The second-order valence-electron chi connectivity index (χ2n) is 3.15. The normalized spacial score (nSPS) is 10.3. The van der Waals surface area contributed by atoms with Gasteiger partial charge in [-0.3, -0.25) is 0 Å². The van der Waals surface area contributed by atoms with Crippen molar-refractivity contribution in [3.63, 3.8) is 0 Å². The number of aromatic carboxylic acids is 1. The zero-order chi connectivity index (χ0) is 11.3. The fourth-order valence-electron chi connectivity index (χ4n) is 1.34. The number of carbonyl (C=O) groups is 1. The molecular formula is C10H15NO4. The van der Waals surface area contributed by atoms with Crippen LogP contribution in [0.25, 0.3) is 0 Å². The third kappa shape index (κ3) is 2.99. The molecule has 0 aliphatic rings. The molecule has 0 spiro atoms. The van der Waals surface area contributed by atoms with Crippen LogP contribution in [0.2, 0.25) is 0 Å². The summed E-state index contributed by atoms with van der Waals surface area (Å²) in [6, 6.07) is 3.02. The molecule has 0 fully saturated rings. The number of hydrogen-bond donors (Lipinski definition) is 2. The van der Waals surface area contributed by atoms with Crippen molar-refractivity contribution >= 4 is 11.9 Å². The van der Waals surface area contributed by atoms with Gasteiger partial charge in [0, 0.05) is 19.2 Å². The summed E-state index contributed by atoms with van der Waals surface area (Å²) in [6.07, 6.45) is 0.906. The minimum Gasteiger partial charge on any atom is -0.475 e. The first kappa shape index (κ1) is 11.6. The molecule has 0 atom stereocenters. The van der Waals surface area contributed by atoms with Crippen molar-refractivity contribution < 1.29 is 19.4 Å². The molecular weight excluding hydrogens is 198 g/mol. The molecule has 0 saturated carbocycles. The lowest BCUT2D eigenvalue weighted by atomic mass is 10.4. The van der Waals surface area contributed by atoms with Crippen LogP contribution in [-0.4, -0.2) is 35.9 Å². The molecule has 1 rings (SSSR count). The van der Waals surface area contributed by atoms with E-state index in [0.29, 0.717) is 12.4 Å². The van der Waals surface area contributed by atoms with Crippen LogP contribution < -0.4 is 4.90 Å². The average Bonchev–Trinajstić information content (AvgIpc) is 2.66. The Hall–Kier alpha value is -1.49. The molecule has 0 bridgehead atoms. The van der Waals surface area contributed by atoms with Gasteiger partial charge in [0.15, 0.2) is 5.88 Å². The van der Waals surface area contributed by atoms with Crippen LogP contribution >= 0.6 is 0 Å². The SMILES string of the molecule is CCCN(CCO)c1ccc(C(=O)O)o1. The maximum Gasteiger partial charge on any atom is 0.371 e. The summed E-state index contributed by atoms with van der Waals surface area (Å²) in [6.45, 7) is 3.20. The third-order valence-corrected chi connectivity index (χ3v) is 1.98. The van der Waals surface area contributed by atoms with Crippen LogP contribution in [0.1, 0.15) is 23.9 Å². The van der Waals surface area contributed by atoms with Gasteiger partial charge in [0.2, 0.25) is 5.76 Å². The van der Waals surface area contributed by atoms with Crippen molar-refractivity contribution in [2.75, 3.05) is 24.6 Å². The molecule has 5 heteroatoms. The summed E-state index contributed by atoms with van der Waals surface area (Å²) in [7, 11) is 0. The number of aliphatic hydroxyl groups is 1. The van der Waals surface area contributed by atoms with E-state index in [1.165, 1.54) is 6.07 Å². The van der Waals surface area contributed by atoms with Crippen LogP contribution in [0, 0.1) is 0 Å². The number of carboxylic acids is 1. The van der Waals surface area contributed by atoms with Crippen molar-refractivity contribution in [1.29, 1.82) is 0 Å². The number of hydrogen-bond acceptors (Lipinski definition) is 4. The van der Waals surface area contributed by atoms with Crippen LogP contribution in [0.3, 0.4) is 0 Å². The summed E-state index contributed by atoms with van der Waals surface area (Å²) in [5.41, 5.74) is 0. The van der Waals surface area contributed by atoms with E-state index in [2.05, 4.69) is 0 Å². The lowest BCUT2D eigenvalue weighted by molar-refractivity contribution is 0.0663. The van der Waals surface area contributed by atoms with Gasteiger partial charge >= 0.3 is 5.97 Å². The minimum absolute atomic E-state index is 0.0170. The van der Waals surface area contributed by atoms with Gasteiger partial charge < -0.3 is 19.5 Å². The molecule has 0 aliphatic heterocycles. The number of aliphatic hydroxyl groups excluding tert-OH is 1. The van der Waals surface area contributed by atoms with Crippen molar-refractivity contribution in [3.05, 3.63) is 17.9 Å². The van der Waals surface area contributed by atoms with E-state index >= 15 is 0 Å². The highest BCUT2D eigenvalue weighted by Gasteiger charge is 2.13. The lowest BCUT2D eigenvalue weighted by Crippen LogP contribution is -2.26. The molecule has 15 heavy (non-hydrogen) atoms. The van der Waals surface area contributed by atoms with Gasteiger partial charge in [-0.05, 0) is 12.5 Å². The first-order valence-electron chi connectivity index (χ1n) is 4.88. The predicted molar refractivity (Wildman–Crippen MR) is 55.3 cm³/mol. The number of furan rings is 1. The molecule has 84 valence electrons. The topological polar surface area (TPSA) is 73.9 Å². The molecule has 0 aromatic carbocycles. The van der Waals surface area contributed by atoms with Crippen molar-refractivity contribution in [2.45, 2.75) is 13.3 Å². The highest BCUT2D eigenvalue weighted by atomic mass is 16.4. The Labute approximate surface area is 87.9 Å². The standard InChI is InChI=1S/C10H15NO4/c1-2-5-11(6-7-12)9-4-3-8(15-9)10(13)14/h3-4,12H,2,5-7H2,1H3,(H,13,14). The van der Waals surface area contributed by atoms with Crippen molar-refractivity contribution in [3.8, 4) is 0 Å². The zero-order valence-corrected chi connectivity index (χ0v) is 8.64. The minimum atomic E-state index is -1.08. The number of carboxylic acid groups (broad SMARTS) is 1. The van der Waals surface area contributed by atoms with Crippen LogP contribution in [-0.2, 0) is 0 Å². The molecule has 0 aliphatic carbocycles. The van der Waals surface area contributed by atoms with Gasteiger partial charge in [-0.1, -0.05) is 6.92 Å². The van der Waals surface area contributed by atoms with Crippen LogP contribution in [0.4, 0.5) is 5.88 Å². The Morgan fingerprint density at radius 3 is 2.67 bits per heavy atom. The van der Waals surface area contributed by atoms with Gasteiger partial charge in [-0.15, -0.1) is 0 Å². The molecule has 1 aromatic rings. The van der Waals surface area contributed by atoms with E-state index in [0.717, 1.165) is 13.0 Å². The summed E-state index contributed by atoms with van der Waals surface area (Å²) < 4.78 is 5.13. The highest BCUT2D eigenvalue weighted by Crippen LogP contribution is 2.18. The number of rotatable bonds is 6. The first-order valence-corrected chi connectivity index (χ1v) is 4.88. The van der Waals surface area contributed by atoms with E-state index < -0.39 is 5.97 Å². The fourth-order valence-corrected chi connectivity index (χ4v) is 1.34. The Bertz CT molecular complexity index is 315. The molecule has 5 nitrogen and oxygen atoms in total. The second kappa shape index (κ2) is 5.41. The monoisotopic (exact) mass is 213 g/mol. The zero-order valence-electron chi connectivity index (χ0n) is 8.64. The van der Waals surface area contributed by atoms with Crippen LogP contribution in [0.15, 0.2) is 16.5 Å². The fraction of sp³-hybridized carbons (Fsp3) is 0.500. The predicted octanol–water partition coefficient (Wildman–Crippen LogP) is 1.19. The first-order chi connectivity index (χ1) is 7.19. The molecule has 0 radical (unpaired) electrons. The lowest BCUT2D eigenvalue weighted by Gasteiger charge is -2.19. The molecule has 0 amide bonds. The summed E-state index contributed by atoms with van der Waals surface area (Å²) >= 11 is 0. The molecule has 0 saturated heterocycles. The Balaban J connectivity index is 2.76. The van der Waals surface area contributed by atoms with E-state index in [-0.39, 0.29) is 12.4 Å². The van der Waals surface area contributed by atoms with Gasteiger partial charge in [-0.2, -0.15) is 0 Å². The Kier molecular flexibility index (Phi) is 4.17. The Morgan fingerprint density at radius 2 is 2.20 bits per heavy atom. The van der Waals surface area contributed by atoms with Gasteiger partial charge in [0.25, 0.3) is 0 Å². The largest absolute Gasteiger partial charge is 0.475 e. The molecule has 2 N–H and O–H groups in total. The van der Waals surface area contributed by atoms with Gasteiger partial charge in [0.05, 0.1) is 6.61 Å². The third-order valence-electron chi connectivity index (χ3n) is 1.98. The second-order valence-corrected chi connectivity index (χ2v) is 3.15. The number of nitrogens with zero attached hydrogens (tertiary/aromatic N) is 1. The Morgan fingerprint density at radius 1 is 1.47 bits per heavy atom. The van der Waals surface area contributed by atoms with Gasteiger partial charge in [-0.25, -0.2) is 4.79 Å². The molecule has 1 heterocycles. The maximum atomic E-state index is 10.6.